The van der Waals surface area contributed by atoms with E-state index in [9.17, 15) is 8.78 Å². The van der Waals surface area contributed by atoms with E-state index < -0.39 is 6.61 Å². The molecule has 0 aliphatic carbocycles. The molecule has 1 aromatic heterocycles. The van der Waals surface area contributed by atoms with Crippen molar-refractivity contribution < 1.29 is 13.5 Å². The van der Waals surface area contributed by atoms with Crippen molar-refractivity contribution in [1.82, 2.24) is 10.3 Å². The maximum Gasteiger partial charge on any atom is 0.387 e. The number of benzene rings is 1. The van der Waals surface area contributed by atoms with Gasteiger partial charge in [-0.05, 0) is 6.07 Å². The van der Waals surface area contributed by atoms with Crippen LogP contribution in [0.25, 0.3) is 0 Å². The highest BCUT2D eigenvalue weighted by molar-refractivity contribution is 7.09. The first-order valence-electron chi connectivity index (χ1n) is 5.36. The summed E-state index contributed by atoms with van der Waals surface area (Å²) >= 11 is 1.55. The predicted molar refractivity (Wildman–Crippen MR) is 65.7 cm³/mol. The summed E-state index contributed by atoms with van der Waals surface area (Å²) in [4.78, 5) is 5.06. The molecule has 1 aromatic carbocycles. The van der Waals surface area contributed by atoms with Crippen LogP contribution >= 0.6 is 11.3 Å². The first-order valence-corrected chi connectivity index (χ1v) is 6.24. The Labute approximate surface area is 107 Å². The van der Waals surface area contributed by atoms with Crippen molar-refractivity contribution in [3.05, 3.63) is 46.4 Å². The van der Waals surface area contributed by atoms with Gasteiger partial charge in [0.2, 0.25) is 0 Å². The molecule has 0 atom stereocenters. The summed E-state index contributed by atoms with van der Waals surface area (Å²) in [7, 11) is 0. The average molecular weight is 270 g/mol. The number of hydrogen-bond donors (Lipinski definition) is 1. The minimum absolute atomic E-state index is 0.212. The van der Waals surface area contributed by atoms with Gasteiger partial charge in [-0.1, -0.05) is 18.2 Å². The molecule has 2 rings (SSSR count). The molecule has 0 saturated carbocycles. The molecule has 0 unspecified atom stereocenters. The molecular formula is C12H12F2N2OS. The second-order valence-corrected chi connectivity index (χ2v) is 4.53. The number of nitrogens with one attached hydrogen (secondary N) is 1. The van der Waals surface area contributed by atoms with Crippen molar-refractivity contribution in [3.8, 4) is 5.75 Å². The van der Waals surface area contributed by atoms with Gasteiger partial charge in [-0.3, -0.25) is 4.98 Å². The first-order chi connectivity index (χ1) is 8.75. The smallest absolute Gasteiger partial charge is 0.387 e. The van der Waals surface area contributed by atoms with Crippen molar-refractivity contribution in [2.75, 3.05) is 0 Å². The molecule has 0 amide bonds. The van der Waals surface area contributed by atoms with Gasteiger partial charge in [-0.15, -0.1) is 11.3 Å². The van der Waals surface area contributed by atoms with Crippen molar-refractivity contribution in [1.29, 1.82) is 0 Å². The van der Waals surface area contributed by atoms with Gasteiger partial charge < -0.3 is 10.1 Å². The molecule has 1 heterocycles. The molecule has 0 radical (unpaired) electrons. The number of rotatable bonds is 6. The second kappa shape index (κ2) is 6.42. The largest absolute Gasteiger partial charge is 0.434 e. The van der Waals surface area contributed by atoms with Gasteiger partial charge in [-0.2, -0.15) is 8.78 Å². The number of thiazole rings is 1. The zero-order valence-electron chi connectivity index (χ0n) is 9.48. The molecule has 2 aromatic rings. The lowest BCUT2D eigenvalue weighted by Gasteiger charge is -2.10. The quantitative estimate of drug-likeness (QED) is 0.876. The van der Waals surface area contributed by atoms with Crippen molar-refractivity contribution >= 4 is 11.3 Å². The van der Waals surface area contributed by atoms with E-state index in [1.54, 1.807) is 41.2 Å². The van der Waals surface area contributed by atoms with Crippen molar-refractivity contribution in [2.24, 2.45) is 0 Å². The van der Waals surface area contributed by atoms with Gasteiger partial charge in [-0.25, -0.2) is 0 Å². The van der Waals surface area contributed by atoms with E-state index >= 15 is 0 Å². The van der Waals surface area contributed by atoms with Crippen LogP contribution in [0.5, 0.6) is 5.75 Å². The third kappa shape index (κ3) is 3.75. The summed E-state index contributed by atoms with van der Waals surface area (Å²) in [5.41, 5.74) is 2.47. The zero-order valence-corrected chi connectivity index (χ0v) is 10.3. The van der Waals surface area contributed by atoms with Crippen LogP contribution in [0, 0.1) is 0 Å². The van der Waals surface area contributed by atoms with Crippen LogP contribution < -0.4 is 10.1 Å². The van der Waals surface area contributed by atoms with Gasteiger partial charge in [0, 0.05) is 29.7 Å². The predicted octanol–water partition coefficient (Wildman–Crippen LogP) is 3.03. The molecule has 18 heavy (non-hydrogen) atoms. The normalized spacial score (nSPS) is 10.8. The number of nitrogens with zero attached hydrogens (tertiary/aromatic N) is 1. The van der Waals surface area contributed by atoms with Crippen LogP contribution in [0.3, 0.4) is 0 Å². The highest BCUT2D eigenvalue weighted by Crippen LogP contribution is 2.20. The van der Waals surface area contributed by atoms with Crippen LogP contribution in [0.4, 0.5) is 8.78 Å². The van der Waals surface area contributed by atoms with Crippen molar-refractivity contribution in [2.45, 2.75) is 19.7 Å². The van der Waals surface area contributed by atoms with E-state index in [1.165, 1.54) is 6.07 Å². The molecule has 96 valence electrons. The van der Waals surface area contributed by atoms with Crippen LogP contribution in [0.1, 0.15) is 10.4 Å². The Morgan fingerprint density at radius 2 is 2.11 bits per heavy atom. The molecule has 3 nitrogen and oxygen atoms in total. The number of ether oxygens (including phenoxy) is 1. The number of aromatic nitrogens is 1. The van der Waals surface area contributed by atoms with Crippen LogP contribution in [0.2, 0.25) is 0 Å². The summed E-state index contributed by atoms with van der Waals surface area (Å²) in [6, 6.07) is 6.76. The van der Waals surface area contributed by atoms with Crippen LogP contribution in [-0.2, 0) is 13.1 Å². The van der Waals surface area contributed by atoms with Gasteiger partial charge in [0.25, 0.3) is 0 Å². The number of halogens is 2. The Balaban J connectivity index is 1.92. The Morgan fingerprint density at radius 1 is 1.28 bits per heavy atom. The SMILES string of the molecule is FC(F)Oc1ccccc1CNCc1cncs1. The first kappa shape index (κ1) is 12.9. The topological polar surface area (TPSA) is 34.1 Å². The monoisotopic (exact) mass is 270 g/mol. The van der Waals surface area contributed by atoms with Gasteiger partial charge in [0.05, 0.1) is 5.51 Å². The molecule has 0 aliphatic rings. The van der Waals surface area contributed by atoms with E-state index in [2.05, 4.69) is 15.0 Å². The van der Waals surface area contributed by atoms with Gasteiger partial charge in [0.1, 0.15) is 5.75 Å². The zero-order chi connectivity index (χ0) is 12.8. The Bertz CT molecular complexity index is 477. The molecule has 0 spiro atoms. The summed E-state index contributed by atoms with van der Waals surface area (Å²) in [6.07, 6.45) is 1.78. The molecule has 0 fully saturated rings. The summed E-state index contributed by atoms with van der Waals surface area (Å²) in [5, 5.41) is 3.16. The lowest BCUT2D eigenvalue weighted by Crippen LogP contribution is -2.13. The molecule has 0 aliphatic heterocycles. The third-order valence-corrected chi connectivity index (χ3v) is 3.07. The van der Waals surface area contributed by atoms with Gasteiger partial charge >= 0.3 is 6.61 Å². The lowest BCUT2D eigenvalue weighted by atomic mass is 10.2. The van der Waals surface area contributed by atoms with E-state index in [0.717, 1.165) is 4.88 Å². The second-order valence-electron chi connectivity index (χ2n) is 3.56. The molecule has 0 saturated heterocycles. The lowest BCUT2D eigenvalue weighted by molar-refractivity contribution is -0.0505. The molecular weight excluding hydrogens is 258 g/mol. The Morgan fingerprint density at radius 3 is 2.83 bits per heavy atom. The fraction of sp³-hybridized carbons (Fsp3) is 0.250. The van der Waals surface area contributed by atoms with E-state index in [-0.39, 0.29) is 5.75 Å². The fourth-order valence-corrected chi connectivity index (χ4v) is 2.07. The maximum absolute atomic E-state index is 12.2. The molecule has 0 bridgehead atoms. The van der Waals surface area contributed by atoms with E-state index in [1.807, 2.05) is 0 Å². The highest BCUT2D eigenvalue weighted by atomic mass is 32.1. The third-order valence-electron chi connectivity index (χ3n) is 2.29. The van der Waals surface area contributed by atoms with E-state index in [4.69, 9.17) is 0 Å². The average Bonchev–Trinajstić information content (AvgIpc) is 2.84. The molecule has 6 heteroatoms. The Hall–Kier alpha value is -1.53. The minimum atomic E-state index is -2.80. The number of para-hydroxylation sites is 1. The van der Waals surface area contributed by atoms with Gasteiger partial charge in [0.15, 0.2) is 0 Å². The molecule has 1 N–H and O–H groups in total. The minimum Gasteiger partial charge on any atom is -0.434 e. The summed E-state index contributed by atoms with van der Waals surface area (Å²) in [5.74, 6) is 0.212. The maximum atomic E-state index is 12.2. The summed E-state index contributed by atoms with van der Waals surface area (Å²) in [6.45, 7) is -1.67. The number of alkyl halides is 2. The number of hydrogen-bond acceptors (Lipinski definition) is 4. The standard InChI is InChI=1S/C12H12F2N2OS/c13-12(14)17-11-4-2-1-3-9(11)5-15-6-10-7-16-8-18-10/h1-4,7-8,12,15H,5-6H2. The fourth-order valence-electron chi connectivity index (χ4n) is 1.51. The van der Waals surface area contributed by atoms with Crippen LogP contribution in [-0.4, -0.2) is 11.6 Å². The highest BCUT2D eigenvalue weighted by Gasteiger charge is 2.08. The summed E-state index contributed by atoms with van der Waals surface area (Å²) < 4.78 is 28.8. The van der Waals surface area contributed by atoms with Crippen molar-refractivity contribution in [3.63, 3.8) is 0 Å². The van der Waals surface area contributed by atoms with Crippen LogP contribution in [0.15, 0.2) is 36.0 Å². The van der Waals surface area contributed by atoms with E-state index in [0.29, 0.717) is 18.7 Å². The Kier molecular flexibility index (Phi) is 4.60.